The molecule has 0 unspecified atom stereocenters. The number of hydrogen-bond donors (Lipinski definition) is 0. The van der Waals surface area contributed by atoms with E-state index in [2.05, 4.69) is 9.97 Å². The monoisotopic (exact) mass is 293 g/mol. The van der Waals surface area contributed by atoms with Crippen LogP contribution < -0.4 is 0 Å². The number of hydroxylamine groups is 2. The van der Waals surface area contributed by atoms with Crippen LogP contribution in [0.2, 0.25) is 0 Å². The Morgan fingerprint density at radius 3 is 2.59 bits per heavy atom. The molecule has 0 spiro atoms. The summed E-state index contributed by atoms with van der Waals surface area (Å²) in [7, 11) is 3.04. The largest absolute Gasteiger partial charge is 0.277 e. The molecule has 0 radical (unpaired) electrons. The van der Waals surface area contributed by atoms with Crippen molar-refractivity contribution < 1.29 is 9.63 Å². The second kappa shape index (κ2) is 5.91. The van der Waals surface area contributed by atoms with Crippen molar-refractivity contribution in [2.45, 2.75) is 0 Å². The van der Waals surface area contributed by atoms with Crippen molar-refractivity contribution in [3.05, 3.63) is 60.3 Å². The quantitative estimate of drug-likeness (QED) is 0.697. The summed E-state index contributed by atoms with van der Waals surface area (Å²) in [6.07, 6.45) is 1.70. The topological polar surface area (TPSA) is 55.3 Å². The maximum absolute atomic E-state index is 12.5. The van der Waals surface area contributed by atoms with Gasteiger partial charge in [-0.15, -0.1) is 0 Å². The van der Waals surface area contributed by atoms with Gasteiger partial charge < -0.3 is 0 Å². The molecular formula is C17H15N3O2. The van der Waals surface area contributed by atoms with Gasteiger partial charge in [0, 0.05) is 18.6 Å². The summed E-state index contributed by atoms with van der Waals surface area (Å²) < 4.78 is 0. The van der Waals surface area contributed by atoms with Gasteiger partial charge in [-0.2, -0.15) is 0 Å². The van der Waals surface area contributed by atoms with E-state index in [1.54, 1.807) is 19.3 Å². The lowest BCUT2D eigenvalue weighted by molar-refractivity contribution is -0.0755. The number of aromatic nitrogens is 2. The van der Waals surface area contributed by atoms with E-state index in [0.717, 1.165) is 16.6 Å². The van der Waals surface area contributed by atoms with Gasteiger partial charge in [-0.3, -0.25) is 14.6 Å². The van der Waals surface area contributed by atoms with Gasteiger partial charge in [0.05, 0.1) is 29.6 Å². The minimum Gasteiger partial charge on any atom is -0.274 e. The number of para-hydroxylation sites is 1. The molecule has 0 N–H and O–H groups in total. The van der Waals surface area contributed by atoms with E-state index in [9.17, 15) is 4.79 Å². The van der Waals surface area contributed by atoms with Crippen LogP contribution in [0.1, 0.15) is 10.4 Å². The zero-order valence-corrected chi connectivity index (χ0v) is 12.4. The van der Waals surface area contributed by atoms with Crippen LogP contribution in [-0.2, 0) is 4.84 Å². The number of carbonyl (C=O) groups excluding carboxylic acids is 1. The lowest BCUT2D eigenvalue weighted by atomic mass is 10.1. The molecule has 0 atom stereocenters. The summed E-state index contributed by atoms with van der Waals surface area (Å²) in [4.78, 5) is 26.4. The highest BCUT2D eigenvalue weighted by molar-refractivity contribution is 6.06. The Morgan fingerprint density at radius 1 is 1.09 bits per heavy atom. The standard InChI is InChI=1S/C17H15N3O2/c1-20(22-2)17(21)13-11-16(15-9-5-6-10-18-15)19-14-8-4-3-7-12(13)14/h3-11H,1-2H3. The van der Waals surface area contributed by atoms with Crippen LogP contribution in [0.5, 0.6) is 0 Å². The molecule has 22 heavy (non-hydrogen) atoms. The number of carbonyl (C=O) groups is 1. The lowest BCUT2D eigenvalue weighted by Gasteiger charge is -2.15. The molecule has 3 rings (SSSR count). The number of benzene rings is 1. The second-order valence-corrected chi connectivity index (χ2v) is 4.77. The molecule has 2 aromatic heterocycles. The maximum Gasteiger partial charge on any atom is 0.277 e. The SMILES string of the molecule is CON(C)C(=O)c1cc(-c2ccccn2)nc2ccccc12. The Hall–Kier alpha value is -2.79. The van der Waals surface area contributed by atoms with Crippen LogP contribution in [0, 0.1) is 0 Å². The van der Waals surface area contributed by atoms with Gasteiger partial charge in [0.2, 0.25) is 0 Å². The first-order valence-electron chi connectivity index (χ1n) is 6.84. The van der Waals surface area contributed by atoms with Crippen LogP contribution in [0.15, 0.2) is 54.7 Å². The number of nitrogens with zero attached hydrogens (tertiary/aromatic N) is 3. The maximum atomic E-state index is 12.5. The predicted octanol–water partition coefficient (Wildman–Crippen LogP) is 2.93. The van der Waals surface area contributed by atoms with Crippen molar-refractivity contribution in [1.29, 1.82) is 0 Å². The summed E-state index contributed by atoms with van der Waals surface area (Å²) >= 11 is 0. The van der Waals surface area contributed by atoms with E-state index in [-0.39, 0.29) is 5.91 Å². The second-order valence-electron chi connectivity index (χ2n) is 4.77. The van der Waals surface area contributed by atoms with Gasteiger partial charge in [-0.1, -0.05) is 24.3 Å². The average molecular weight is 293 g/mol. The van der Waals surface area contributed by atoms with Crippen LogP contribution in [-0.4, -0.2) is 35.1 Å². The highest BCUT2D eigenvalue weighted by Gasteiger charge is 2.17. The van der Waals surface area contributed by atoms with Gasteiger partial charge in [0.15, 0.2) is 0 Å². The minimum absolute atomic E-state index is 0.224. The average Bonchev–Trinajstić information content (AvgIpc) is 2.60. The zero-order chi connectivity index (χ0) is 15.5. The third-order valence-corrected chi connectivity index (χ3v) is 3.43. The van der Waals surface area contributed by atoms with Crippen LogP contribution in [0.4, 0.5) is 0 Å². The molecule has 0 aliphatic rings. The summed E-state index contributed by atoms with van der Waals surface area (Å²) in [5, 5.41) is 1.99. The fourth-order valence-corrected chi connectivity index (χ4v) is 2.25. The summed E-state index contributed by atoms with van der Waals surface area (Å²) in [6.45, 7) is 0. The van der Waals surface area contributed by atoms with Crippen molar-refractivity contribution in [3.8, 4) is 11.4 Å². The molecule has 0 saturated heterocycles. The molecule has 0 saturated carbocycles. The molecule has 0 aliphatic carbocycles. The van der Waals surface area contributed by atoms with Crippen molar-refractivity contribution in [1.82, 2.24) is 15.0 Å². The normalized spacial score (nSPS) is 10.6. The number of pyridine rings is 2. The Bertz CT molecular complexity index is 819. The molecule has 1 amide bonds. The van der Waals surface area contributed by atoms with E-state index >= 15 is 0 Å². The number of fused-ring (bicyclic) bond motifs is 1. The first-order valence-corrected chi connectivity index (χ1v) is 6.84. The van der Waals surface area contributed by atoms with Gasteiger partial charge in [-0.05, 0) is 24.3 Å². The molecule has 110 valence electrons. The Balaban J connectivity index is 2.23. The van der Waals surface area contributed by atoms with E-state index in [1.165, 1.54) is 12.2 Å². The van der Waals surface area contributed by atoms with Crippen molar-refractivity contribution >= 4 is 16.8 Å². The van der Waals surface area contributed by atoms with Crippen molar-refractivity contribution in [3.63, 3.8) is 0 Å². The first kappa shape index (κ1) is 14.2. The molecule has 1 aromatic carbocycles. The van der Waals surface area contributed by atoms with E-state index in [0.29, 0.717) is 11.3 Å². The van der Waals surface area contributed by atoms with Crippen molar-refractivity contribution in [2.75, 3.05) is 14.2 Å². The number of rotatable bonds is 3. The summed E-state index contributed by atoms with van der Waals surface area (Å²) in [6, 6.07) is 14.9. The molecular weight excluding hydrogens is 278 g/mol. The van der Waals surface area contributed by atoms with Gasteiger partial charge in [0.1, 0.15) is 0 Å². The third kappa shape index (κ3) is 2.54. The number of amides is 1. The fourth-order valence-electron chi connectivity index (χ4n) is 2.25. The molecule has 3 aromatic rings. The Kier molecular flexibility index (Phi) is 3.80. The molecule has 5 nitrogen and oxygen atoms in total. The zero-order valence-electron chi connectivity index (χ0n) is 12.4. The fraction of sp³-hybridized carbons (Fsp3) is 0.118. The highest BCUT2D eigenvalue weighted by Crippen LogP contribution is 2.24. The van der Waals surface area contributed by atoms with Gasteiger partial charge in [0.25, 0.3) is 5.91 Å². The van der Waals surface area contributed by atoms with Crippen LogP contribution >= 0.6 is 0 Å². The molecule has 0 bridgehead atoms. The summed E-state index contributed by atoms with van der Waals surface area (Å²) in [5.41, 5.74) is 2.67. The van der Waals surface area contributed by atoms with Gasteiger partial charge >= 0.3 is 0 Å². The Labute approximate surface area is 128 Å². The predicted molar refractivity (Wildman–Crippen MR) is 84.1 cm³/mol. The van der Waals surface area contributed by atoms with Crippen LogP contribution in [0.25, 0.3) is 22.3 Å². The molecule has 0 aliphatic heterocycles. The lowest BCUT2D eigenvalue weighted by Crippen LogP contribution is -2.25. The number of hydrogen-bond acceptors (Lipinski definition) is 4. The molecule has 0 fully saturated rings. The molecule has 5 heteroatoms. The minimum atomic E-state index is -0.224. The highest BCUT2D eigenvalue weighted by atomic mass is 16.7. The van der Waals surface area contributed by atoms with Crippen LogP contribution in [0.3, 0.4) is 0 Å². The van der Waals surface area contributed by atoms with E-state index in [1.807, 2.05) is 42.5 Å². The summed E-state index contributed by atoms with van der Waals surface area (Å²) in [5.74, 6) is -0.224. The Morgan fingerprint density at radius 2 is 1.86 bits per heavy atom. The van der Waals surface area contributed by atoms with E-state index in [4.69, 9.17) is 4.84 Å². The van der Waals surface area contributed by atoms with Crippen molar-refractivity contribution in [2.24, 2.45) is 0 Å². The van der Waals surface area contributed by atoms with Gasteiger partial charge in [-0.25, -0.2) is 10.0 Å². The first-order chi connectivity index (χ1) is 10.7. The van der Waals surface area contributed by atoms with E-state index < -0.39 is 0 Å². The smallest absolute Gasteiger partial charge is 0.274 e. The third-order valence-electron chi connectivity index (χ3n) is 3.43. The molecule has 2 heterocycles.